The number of nitrogen functional groups attached to an aromatic ring is 1. The summed E-state index contributed by atoms with van der Waals surface area (Å²) in [5, 5.41) is 54.0. The number of carbonyl (C=O) groups is 7. The molecule has 0 heterocycles. The van der Waals surface area contributed by atoms with Gasteiger partial charge in [-0.1, -0.05) is 92.0 Å². The van der Waals surface area contributed by atoms with Crippen LogP contribution in [0.3, 0.4) is 0 Å². The van der Waals surface area contributed by atoms with Gasteiger partial charge in [0.1, 0.15) is 40.3 Å². The highest BCUT2D eigenvalue weighted by atomic mass is 16.5. The zero-order chi connectivity index (χ0) is 55.5. The van der Waals surface area contributed by atoms with E-state index < -0.39 is 23.9 Å². The summed E-state index contributed by atoms with van der Waals surface area (Å²) >= 11 is 0. The van der Waals surface area contributed by atoms with Crippen LogP contribution in [0.15, 0.2) is 128 Å². The SMILES string of the molecule is CC/C=C\C/C=C\C/C=C\C/C=C\C/C=C\C/C=C\CCC(=O)NCC(=O)Cc1ccc(O)c(C(=O)O)c1.COC(=O)c1cc(CC(=O)CN)ccc1O.COC(=O)c1cc(N)ccc1O.N=CO[B]CC(=O)O. The van der Waals surface area contributed by atoms with Gasteiger partial charge >= 0.3 is 25.4 Å². The Morgan fingerprint density at radius 3 is 1.50 bits per heavy atom. The standard InChI is InChI=1S/C32H41NO5.C11H13NO4.C8H9NO3.C3H5BNO3/c1-2-3-4-5-6-7-8-9-10-11-12-13-14-15-16-17-18-19-20-21-31(36)33-26-28(34)24-27-22-23-30(35)29(25-27)32(37)38;1-16-11(15)9-5-7(2-3-10(9)14)4-8(13)6-12;1-12-8(11)6-4-5(9)2-3-7(6)10;5-2-8-4-1-3(6)7/h3-4,6-7,9-10,12-13,15-16,18-19,22-23,25,35H,2,5,8,11,14,17,20-21,24,26H2,1H3,(H,33,36)(H,37,38);2-3,5,14H,4,6,12H2,1H3;2-4,10H,9H2,1H3;2,5H,1H2,(H,6,7)/b4-3-,7-6-,10-9-,13-12-,16-15-,19-18-;;;. The number of benzene rings is 3. The zero-order valence-electron chi connectivity index (χ0n) is 41.9. The van der Waals surface area contributed by atoms with Gasteiger partial charge in [-0.2, -0.15) is 0 Å². The number of hydrogen-bond acceptors (Lipinski definition) is 16. The van der Waals surface area contributed by atoms with Gasteiger partial charge in [-0.3, -0.25) is 24.6 Å². The molecule has 0 aromatic heterocycles. The molecule has 397 valence electrons. The van der Waals surface area contributed by atoms with Crippen LogP contribution in [0.4, 0.5) is 5.69 Å². The van der Waals surface area contributed by atoms with E-state index in [2.05, 4.69) is 87.1 Å². The van der Waals surface area contributed by atoms with Gasteiger partial charge in [-0.15, -0.1) is 0 Å². The van der Waals surface area contributed by atoms with Crippen LogP contribution in [0.1, 0.15) is 100 Å². The Kier molecular flexibility index (Phi) is 36.4. The molecule has 0 atom stereocenters. The number of carboxylic acids is 2. The summed E-state index contributed by atoms with van der Waals surface area (Å²) in [6, 6.07) is 12.6. The van der Waals surface area contributed by atoms with E-state index in [1.54, 1.807) is 6.07 Å². The Balaban J connectivity index is 0.00000119. The maximum Gasteiger partial charge on any atom is 0.382 e. The van der Waals surface area contributed by atoms with Crippen molar-refractivity contribution in [3.8, 4) is 17.2 Å². The number of aromatic carboxylic acids is 1. The molecule has 0 saturated carbocycles. The minimum absolute atomic E-state index is 0.0199. The lowest BCUT2D eigenvalue weighted by Crippen LogP contribution is -2.30. The average Bonchev–Trinajstić information content (AvgIpc) is 3.38. The summed E-state index contributed by atoms with van der Waals surface area (Å²) in [6.45, 7) is 1.97. The number of carbonyl (C=O) groups excluding carboxylic acids is 5. The van der Waals surface area contributed by atoms with Crippen LogP contribution in [0.5, 0.6) is 17.2 Å². The molecule has 0 fully saturated rings. The third kappa shape index (κ3) is 32.4. The number of phenols is 3. The molecule has 3 aromatic rings. The fourth-order valence-electron chi connectivity index (χ4n) is 5.56. The molecule has 1 radical (unpaired) electrons. The Morgan fingerprint density at radius 2 is 1.05 bits per heavy atom. The van der Waals surface area contributed by atoms with Crippen molar-refractivity contribution in [1.29, 1.82) is 5.41 Å². The van der Waals surface area contributed by atoms with Gasteiger partial charge in [0.2, 0.25) is 5.91 Å². The number of esters is 2. The van der Waals surface area contributed by atoms with Crippen LogP contribution >= 0.6 is 0 Å². The normalized spacial score (nSPS) is 10.8. The van der Waals surface area contributed by atoms with Gasteiger partial charge in [0.25, 0.3) is 5.97 Å². The van der Waals surface area contributed by atoms with Gasteiger partial charge in [0.15, 0.2) is 11.6 Å². The summed E-state index contributed by atoms with van der Waals surface area (Å²) in [7, 11) is 3.50. The van der Waals surface area contributed by atoms with E-state index in [0.29, 0.717) is 29.6 Å². The highest BCUT2D eigenvalue weighted by Gasteiger charge is 2.15. The molecule has 1 amide bonds. The molecule has 0 saturated heterocycles. The number of nitrogens with one attached hydrogen (secondary N) is 2. The van der Waals surface area contributed by atoms with E-state index >= 15 is 0 Å². The number of hydrogen-bond donors (Lipinski definition) is 9. The quantitative estimate of drug-likeness (QED) is 0.00495. The predicted octanol–water partition coefficient (Wildman–Crippen LogP) is 7.54. The molecule has 3 aromatic carbocycles. The number of carboxylic acid groups (broad SMARTS) is 2. The maximum absolute atomic E-state index is 12.1. The minimum Gasteiger partial charge on any atom is -0.555 e. The Bertz CT molecular complexity index is 2450. The molecule has 3 rings (SSSR count). The Labute approximate surface area is 432 Å². The summed E-state index contributed by atoms with van der Waals surface area (Å²) in [6.07, 6.45) is 32.8. The van der Waals surface area contributed by atoms with Crippen LogP contribution in [-0.4, -0.2) is 108 Å². The van der Waals surface area contributed by atoms with Crippen molar-refractivity contribution in [3.63, 3.8) is 0 Å². The second-order valence-corrected chi connectivity index (χ2v) is 15.2. The second kappa shape index (κ2) is 41.1. The smallest absolute Gasteiger partial charge is 0.382 e. The number of Topliss-reactive ketones (excluding diaryl/α,β-unsaturated/α-hetero) is 2. The van der Waals surface area contributed by atoms with Crippen molar-refractivity contribution in [3.05, 3.63) is 155 Å². The molecule has 19 nitrogen and oxygen atoms in total. The Morgan fingerprint density at radius 1 is 0.622 bits per heavy atom. The third-order valence-corrected chi connectivity index (χ3v) is 9.25. The molecule has 0 aliphatic carbocycles. The maximum atomic E-state index is 12.1. The van der Waals surface area contributed by atoms with E-state index in [1.807, 2.05) is 12.2 Å². The summed E-state index contributed by atoms with van der Waals surface area (Å²) in [5.41, 5.74) is 12.0. The second-order valence-electron chi connectivity index (χ2n) is 15.2. The number of methoxy groups -OCH3 is 2. The van der Waals surface area contributed by atoms with Gasteiger partial charge in [0, 0.05) is 24.9 Å². The number of aliphatic carboxylic acids is 1. The first kappa shape index (κ1) is 65.5. The molecule has 0 unspecified atom stereocenters. The van der Waals surface area contributed by atoms with Crippen molar-refractivity contribution in [2.45, 2.75) is 77.5 Å². The van der Waals surface area contributed by atoms with Crippen molar-refractivity contribution >= 4 is 60.9 Å². The highest BCUT2D eigenvalue weighted by molar-refractivity contribution is 6.35. The fraction of sp³-hybridized carbons (Fsp3) is 0.296. The first-order valence-corrected chi connectivity index (χ1v) is 23.1. The third-order valence-electron chi connectivity index (χ3n) is 9.25. The first-order valence-electron chi connectivity index (χ1n) is 23.1. The molecule has 0 aliphatic rings. The van der Waals surface area contributed by atoms with Gasteiger partial charge in [-0.25, -0.2) is 14.4 Å². The Hall–Kier alpha value is -8.52. The van der Waals surface area contributed by atoms with E-state index in [-0.39, 0.29) is 90.1 Å². The molecule has 0 aliphatic heterocycles. The van der Waals surface area contributed by atoms with E-state index in [9.17, 15) is 48.9 Å². The van der Waals surface area contributed by atoms with Crippen LogP contribution in [0.25, 0.3) is 0 Å². The summed E-state index contributed by atoms with van der Waals surface area (Å²) in [5.74, 6) is -4.71. The number of rotatable bonds is 28. The number of ketones is 2. The van der Waals surface area contributed by atoms with E-state index in [4.69, 9.17) is 27.1 Å². The number of aromatic hydroxyl groups is 3. The van der Waals surface area contributed by atoms with Gasteiger partial charge < -0.3 is 56.4 Å². The van der Waals surface area contributed by atoms with Crippen molar-refractivity contribution < 1.29 is 73.2 Å². The summed E-state index contributed by atoms with van der Waals surface area (Å²) < 4.78 is 13.1. The largest absolute Gasteiger partial charge is 0.555 e. The lowest BCUT2D eigenvalue weighted by Gasteiger charge is -2.06. The van der Waals surface area contributed by atoms with Crippen LogP contribution in [0.2, 0.25) is 6.32 Å². The number of nitrogens with two attached hydrogens (primary N) is 2. The molecule has 20 heteroatoms. The minimum atomic E-state index is -1.26. The number of ether oxygens (including phenoxy) is 2. The fourth-order valence-corrected chi connectivity index (χ4v) is 5.56. The zero-order valence-corrected chi connectivity index (χ0v) is 41.9. The number of anilines is 1. The molecule has 0 spiro atoms. The molecule has 74 heavy (non-hydrogen) atoms. The van der Waals surface area contributed by atoms with Gasteiger partial charge in [-0.05, 0) is 98.5 Å². The van der Waals surface area contributed by atoms with Crippen molar-refractivity contribution in [2.75, 3.05) is 33.0 Å². The molecular formula is C54H68BN4O15. The monoisotopic (exact) mass is 1020 g/mol. The lowest BCUT2D eigenvalue weighted by molar-refractivity contribution is -0.134. The van der Waals surface area contributed by atoms with Gasteiger partial charge in [0.05, 0.1) is 33.6 Å². The lowest BCUT2D eigenvalue weighted by atomic mass is 9.96. The van der Waals surface area contributed by atoms with Crippen LogP contribution < -0.4 is 16.8 Å². The number of phenolic OH excluding ortho intramolecular Hbond substituents is 2. The van der Waals surface area contributed by atoms with Crippen LogP contribution in [0, 0.1) is 5.41 Å². The topological polar surface area (TPSA) is 336 Å². The van der Waals surface area contributed by atoms with Crippen molar-refractivity contribution in [1.82, 2.24) is 5.32 Å². The van der Waals surface area contributed by atoms with E-state index in [0.717, 1.165) is 46.0 Å². The van der Waals surface area contributed by atoms with E-state index in [1.165, 1.54) is 62.8 Å². The first-order chi connectivity index (χ1) is 35.4. The average molecular weight is 1020 g/mol. The van der Waals surface area contributed by atoms with Crippen molar-refractivity contribution in [2.24, 2.45) is 5.73 Å². The number of allylic oxidation sites excluding steroid dienone is 12. The molecule has 11 N–H and O–H groups in total. The van der Waals surface area contributed by atoms with Crippen LogP contribution in [-0.2, 0) is 46.1 Å². The number of amides is 1. The predicted molar refractivity (Wildman–Crippen MR) is 283 cm³/mol. The molecular weight excluding hydrogens is 955 g/mol. The highest BCUT2D eigenvalue weighted by Crippen LogP contribution is 2.21. The molecule has 0 bridgehead atoms. The summed E-state index contributed by atoms with van der Waals surface area (Å²) in [4.78, 5) is 78.1.